The number of hydrogen-bond donors (Lipinski definition) is 0. The van der Waals surface area contributed by atoms with E-state index >= 15 is 0 Å². The molecule has 0 aromatic carbocycles. The summed E-state index contributed by atoms with van der Waals surface area (Å²) in [6, 6.07) is 0. The number of carbonyl (C=O) groups excluding carboxylic acids is 1. The Labute approximate surface area is 173 Å². The Kier molecular flexibility index (Phi) is 10.9. The molecule has 0 amide bonds. The molecule has 28 heavy (non-hydrogen) atoms. The summed E-state index contributed by atoms with van der Waals surface area (Å²) in [6.07, 6.45) is -1.45. The lowest BCUT2D eigenvalue weighted by molar-refractivity contribution is -0.193. The summed E-state index contributed by atoms with van der Waals surface area (Å²) >= 11 is 5.58. The molecule has 0 spiro atoms. The third-order valence-corrected chi connectivity index (χ3v) is 5.09. The van der Waals surface area contributed by atoms with Gasteiger partial charge in [0.1, 0.15) is 23.9 Å². The van der Waals surface area contributed by atoms with Crippen molar-refractivity contribution in [3.63, 3.8) is 0 Å². The molecule has 2 unspecified atom stereocenters. The van der Waals surface area contributed by atoms with Crippen molar-refractivity contribution in [2.75, 3.05) is 27.4 Å². The summed E-state index contributed by atoms with van der Waals surface area (Å²) < 4.78 is 32.7. The summed E-state index contributed by atoms with van der Waals surface area (Å²) in [5.74, 6) is 0.216. The van der Waals surface area contributed by atoms with E-state index < -0.39 is 12.1 Å². The van der Waals surface area contributed by atoms with E-state index in [0.29, 0.717) is 24.7 Å². The van der Waals surface area contributed by atoms with Crippen molar-refractivity contribution in [2.24, 2.45) is 11.8 Å². The first-order valence-corrected chi connectivity index (χ1v) is 10.0. The Morgan fingerprint density at radius 3 is 1.93 bits per heavy atom. The topological polar surface area (TPSA) is 72.5 Å². The zero-order valence-electron chi connectivity index (χ0n) is 18.0. The van der Waals surface area contributed by atoms with Crippen molar-refractivity contribution in [3.05, 3.63) is 12.2 Å². The van der Waals surface area contributed by atoms with Gasteiger partial charge in [-0.05, 0) is 12.8 Å². The van der Waals surface area contributed by atoms with Gasteiger partial charge in [-0.25, -0.2) is 4.79 Å². The number of methoxy groups -OCH3 is 2. The molecule has 2 rings (SSSR count). The van der Waals surface area contributed by atoms with Gasteiger partial charge in [-0.1, -0.05) is 45.9 Å². The van der Waals surface area contributed by atoms with Gasteiger partial charge in [0.15, 0.2) is 12.4 Å². The minimum atomic E-state index is -0.422. The predicted octanol–water partition coefficient (Wildman–Crippen LogP) is 3.14. The summed E-state index contributed by atoms with van der Waals surface area (Å²) in [5.41, 5.74) is 0.239. The van der Waals surface area contributed by atoms with Crippen molar-refractivity contribution >= 4 is 17.6 Å². The Hall–Kier alpha value is -0.700. The minimum Gasteiger partial charge on any atom is -0.454 e. The average Bonchev–Trinajstić information content (AvgIpc) is 3.22. The molecule has 164 valence electrons. The van der Waals surface area contributed by atoms with E-state index in [-0.39, 0.29) is 36.1 Å². The molecule has 2 aliphatic rings. The highest BCUT2D eigenvalue weighted by Gasteiger charge is 2.50. The van der Waals surface area contributed by atoms with Gasteiger partial charge in [0.2, 0.25) is 0 Å². The van der Waals surface area contributed by atoms with Gasteiger partial charge in [0.05, 0.1) is 13.2 Å². The number of esters is 1. The van der Waals surface area contributed by atoms with E-state index in [1.165, 1.54) is 0 Å². The van der Waals surface area contributed by atoms with Gasteiger partial charge < -0.3 is 28.4 Å². The fourth-order valence-electron chi connectivity index (χ4n) is 2.81. The maximum absolute atomic E-state index is 11.6. The Bertz CT molecular complexity index is 497. The van der Waals surface area contributed by atoms with Crippen LogP contribution in [0.15, 0.2) is 12.2 Å². The number of rotatable bonds is 8. The number of carbonyl (C=O) groups is 1. The smallest absolute Gasteiger partial charge is 0.333 e. The number of alkyl halides is 1. The van der Waals surface area contributed by atoms with Gasteiger partial charge in [-0.2, -0.15) is 0 Å². The molecule has 2 saturated heterocycles. The predicted molar refractivity (Wildman–Crippen MR) is 106 cm³/mol. The molecule has 0 N–H and O–H groups in total. The van der Waals surface area contributed by atoms with Crippen LogP contribution in [0.3, 0.4) is 0 Å². The van der Waals surface area contributed by atoms with Gasteiger partial charge >= 0.3 is 5.97 Å². The van der Waals surface area contributed by atoms with Gasteiger partial charge in [-0.3, -0.25) is 0 Å². The lowest BCUT2D eigenvalue weighted by Gasteiger charge is -2.25. The molecule has 0 radical (unpaired) electrons. The normalized spacial score (nSPS) is 28.5. The first-order valence-electron chi connectivity index (χ1n) is 9.57. The van der Waals surface area contributed by atoms with Crippen LogP contribution in [-0.2, 0) is 33.2 Å². The van der Waals surface area contributed by atoms with Crippen LogP contribution in [-0.4, -0.2) is 69.7 Å². The molecule has 0 aliphatic carbocycles. The van der Waals surface area contributed by atoms with Crippen LogP contribution in [0.5, 0.6) is 0 Å². The first kappa shape index (κ1) is 25.3. The van der Waals surface area contributed by atoms with Crippen molar-refractivity contribution in [1.82, 2.24) is 0 Å². The Morgan fingerprint density at radius 2 is 1.54 bits per heavy atom. The van der Waals surface area contributed by atoms with Crippen LogP contribution in [0.4, 0.5) is 0 Å². The fourth-order valence-corrected chi connectivity index (χ4v) is 2.81. The fraction of sp³-hybridized carbons (Fsp3) is 0.850. The standard InChI is InChI=1S/C15H24O6.C5H11ClO/c1-8(2)14(16)20-10-6-18-13-11(7-19-12(10)13)21-15(17-5)9(3)4;1-4(2)5(6)7-3/h9-13,15H,1,6-7H2,2-5H3;4-5H,1-3H3/t10-,11+,12+,13+,15?;/m0./s1. The molecule has 0 bridgehead atoms. The molecule has 7 nitrogen and oxygen atoms in total. The number of fused-ring (bicyclic) bond motifs is 1. The van der Waals surface area contributed by atoms with E-state index in [2.05, 4.69) is 6.58 Å². The second-order valence-electron chi connectivity index (χ2n) is 7.67. The molecule has 2 heterocycles. The summed E-state index contributed by atoms with van der Waals surface area (Å²) in [7, 11) is 3.22. The first-order chi connectivity index (χ1) is 13.1. The highest BCUT2D eigenvalue weighted by Crippen LogP contribution is 2.32. The van der Waals surface area contributed by atoms with E-state index in [9.17, 15) is 4.79 Å². The number of hydrogen-bond acceptors (Lipinski definition) is 7. The maximum Gasteiger partial charge on any atom is 0.333 e. The molecule has 2 aliphatic heterocycles. The zero-order valence-corrected chi connectivity index (χ0v) is 18.7. The monoisotopic (exact) mass is 422 g/mol. The highest BCUT2D eigenvalue weighted by atomic mass is 35.5. The number of ether oxygens (including phenoxy) is 6. The Morgan fingerprint density at radius 1 is 1.00 bits per heavy atom. The summed E-state index contributed by atoms with van der Waals surface area (Å²) in [6.45, 7) is 14.0. The lowest BCUT2D eigenvalue weighted by Crippen LogP contribution is -2.38. The largest absolute Gasteiger partial charge is 0.454 e. The van der Waals surface area contributed by atoms with Crippen LogP contribution in [0.1, 0.15) is 34.6 Å². The van der Waals surface area contributed by atoms with E-state index in [4.69, 9.17) is 40.0 Å². The minimum absolute atomic E-state index is 0.125. The molecule has 0 aromatic heterocycles. The van der Waals surface area contributed by atoms with Crippen LogP contribution in [0.25, 0.3) is 0 Å². The Balaban J connectivity index is 0.000000480. The lowest BCUT2D eigenvalue weighted by atomic mass is 10.1. The summed E-state index contributed by atoms with van der Waals surface area (Å²) in [5, 5.41) is 0. The van der Waals surface area contributed by atoms with Gasteiger partial charge in [-0.15, -0.1) is 0 Å². The molecule has 0 aromatic rings. The van der Waals surface area contributed by atoms with Crippen LogP contribution >= 0.6 is 11.6 Å². The third-order valence-electron chi connectivity index (χ3n) is 4.40. The van der Waals surface area contributed by atoms with Gasteiger partial charge in [0, 0.05) is 25.7 Å². The second-order valence-corrected chi connectivity index (χ2v) is 8.10. The SMILES string of the molecule is C=C(C)C(=O)O[C@H]1CO[C@H]2[C@@H]1OC[C@H]2OC(OC)C(C)C.COC(Cl)C(C)C. The van der Waals surface area contributed by atoms with Crippen LogP contribution in [0.2, 0.25) is 0 Å². The zero-order chi connectivity index (χ0) is 21.4. The molecule has 0 saturated carbocycles. The van der Waals surface area contributed by atoms with E-state index in [1.54, 1.807) is 21.1 Å². The third kappa shape index (κ3) is 7.28. The molecule has 6 atom stereocenters. The van der Waals surface area contributed by atoms with Crippen molar-refractivity contribution in [3.8, 4) is 0 Å². The van der Waals surface area contributed by atoms with Crippen molar-refractivity contribution in [2.45, 2.75) is 70.9 Å². The van der Waals surface area contributed by atoms with Gasteiger partial charge in [0.25, 0.3) is 0 Å². The number of halogens is 1. The van der Waals surface area contributed by atoms with Crippen molar-refractivity contribution < 1.29 is 33.2 Å². The average molecular weight is 423 g/mol. The van der Waals surface area contributed by atoms with Crippen LogP contribution < -0.4 is 0 Å². The quantitative estimate of drug-likeness (QED) is 0.257. The molecule has 8 heteroatoms. The molecular weight excluding hydrogens is 388 g/mol. The maximum atomic E-state index is 11.6. The van der Waals surface area contributed by atoms with E-state index in [0.717, 1.165) is 0 Å². The molecule has 2 fully saturated rings. The highest BCUT2D eigenvalue weighted by molar-refractivity contribution is 6.19. The molecular formula is C20H35ClO7. The second kappa shape index (κ2) is 12.1. The van der Waals surface area contributed by atoms with Crippen LogP contribution in [0, 0.1) is 11.8 Å². The summed E-state index contributed by atoms with van der Waals surface area (Å²) in [4.78, 5) is 11.6. The van der Waals surface area contributed by atoms with Crippen molar-refractivity contribution in [1.29, 1.82) is 0 Å². The van der Waals surface area contributed by atoms with E-state index in [1.807, 2.05) is 27.7 Å².